The van der Waals surface area contributed by atoms with Gasteiger partial charge < -0.3 is 15.2 Å². The molecule has 0 spiro atoms. The number of rotatable bonds is 9. The molecule has 202 valence electrons. The summed E-state index contributed by atoms with van der Waals surface area (Å²) in [5.74, 6) is -2.30. The summed E-state index contributed by atoms with van der Waals surface area (Å²) in [7, 11) is 51.0. The van der Waals surface area contributed by atoms with Crippen LogP contribution in [0.1, 0.15) is 27.0 Å². The van der Waals surface area contributed by atoms with Crippen LogP contribution in [-0.4, -0.2) is 135 Å². The van der Waals surface area contributed by atoms with E-state index in [1.54, 1.807) is 18.2 Å². The number of anilines is 1. The van der Waals surface area contributed by atoms with Crippen molar-refractivity contribution >= 4 is 103 Å². The molecule has 2 amide bonds. The summed E-state index contributed by atoms with van der Waals surface area (Å²) < 4.78 is 5.38. The van der Waals surface area contributed by atoms with Gasteiger partial charge in [-0.3, -0.25) is 29.5 Å². The molecule has 2 aromatic carbocycles. The van der Waals surface area contributed by atoms with E-state index in [4.69, 9.17) is 67.5 Å². The highest BCUT2D eigenvalue weighted by Gasteiger charge is 2.60. The number of nitrogens with zero attached hydrogens (tertiary/aromatic N) is 2. The number of ether oxygens (including phenoxy) is 1. The molecule has 2 aliphatic rings. The standard InChI is InChI=1S/C26H24B8N4O5/c1-37(25(32)23(42)36-22(41)24(30,31)26(25,33)34)10-15-13(12-39)3-2-4-17(15)35-9-14-18(27)19(28)16(21(40)20(14)29)11-38-5-7-43-8-6-38/h2-4,12,35,40H,5-11H2,1H3,(H,36,41,42). The van der Waals surface area contributed by atoms with Crippen molar-refractivity contribution in [1.29, 1.82) is 0 Å². The van der Waals surface area contributed by atoms with Crippen molar-refractivity contribution in [2.24, 2.45) is 0 Å². The zero-order valence-electron chi connectivity index (χ0n) is 23.9. The normalized spacial score (nSPS) is 21.8. The Balaban J connectivity index is 1.64. The Labute approximate surface area is 262 Å². The van der Waals surface area contributed by atoms with Gasteiger partial charge in [0.25, 0.3) is 0 Å². The maximum Gasteiger partial charge on any atom is 0.236 e. The number of likely N-dealkylation sites (N-methyl/N-ethyl adjacent to an activating group) is 1. The number of hydrogen-bond donors (Lipinski definition) is 3. The molecule has 16 radical (unpaired) electrons. The first-order valence-electron chi connectivity index (χ1n) is 13.4. The zero-order chi connectivity index (χ0) is 31.9. The van der Waals surface area contributed by atoms with Gasteiger partial charge in [-0.15, -0.1) is 0 Å². The van der Waals surface area contributed by atoms with Crippen molar-refractivity contribution in [3.63, 3.8) is 0 Å². The number of aromatic hydroxyl groups is 1. The first-order valence-corrected chi connectivity index (χ1v) is 13.4. The van der Waals surface area contributed by atoms with Crippen LogP contribution in [0, 0.1) is 0 Å². The second-order valence-electron chi connectivity index (χ2n) is 10.9. The summed E-state index contributed by atoms with van der Waals surface area (Å²) in [5.41, 5.74) is -0.0339. The summed E-state index contributed by atoms with van der Waals surface area (Å²) in [6.07, 6.45) is 0.614. The Bertz CT molecular complexity index is 1420. The van der Waals surface area contributed by atoms with E-state index in [0.29, 0.717) is 61.5 Å². The highest BCUT2D eigenvalue weighted by atomic mass is 16.5. The fourth-order valence-electron chi connectivity index (χ4n) is 5.32. The molecule has 2 fully saturated rings. The molecule has 1 atom stereocenters. The summed E-state index contributed by atoms with van der Waals surface area (Å²) >= 11 is 0. The van der Waals surface area contributed by atoms with E-state index in [2.05, 4.69) is 10.2 Å². The first-order chi connectivity index (χ1) is 20.1. The van der Waals surface area contributed by atoms with Gasteiger partial charge in [-0.05, 0) is 35.0 Å². The third kappa shape index (κ3) is 5.64. The molecule has 0 saturated carbocycles. The maximum absolute atomic E-state index is 13.0. The highest BCUT2D eigenvalue weighted by molar-refractivity contribution is 6.66. The number of morpholine rings is 1. The zero-order valence-corrected chi connectivity index (χ0v) is 23.9. The van der Waals surface area contributed by atoms with Crippen LogP contribution in [0.3, 0.4) is 0 Å². The fraction of sp³-hybridized carbons (Fsp3) is 0.423. The molecule has 2 aromatic rings. The number of imide groups is 1. The van der Waals surface area contributed by atoms with Crippen molar-refractivity contribution < 1.29 is 24.2 Å². The lowest BCUT2D eigenvalue weighted by Crippen LogP contribution is -2.74. The van der Waals surface area contributed by atoms with Gasteiger partial charge in [-0.2, -0.15) is 0 Å². The lowest BCUT2D eigenvalue weighted by atomic mass is 9.21. The van der Waals surface area contributed by atoms with Gasteiger partial charge in [0.15, 0.2) is 0 Å². The number of carbonyl (C=O) groups is 3. The summed E-state index contributed by atoms with van der Waals surface area (Å²) in [4.78, 5) is 40.6. The lowest BCUT2D eigenvalue weighted by molar-refractivity contribution is -0.141. The van der Waals surface area contributed by atoms with Crippen molar-refractivity contribution in [2.45, 2.75) is 35.5 Å². The molecular formula is C26H24B8N4O5. The van der Waals surface area contributed by atoms with Gasteiger partial charge >= 0.3 is 0 Å². The van der Waals surface area contributed by atoms with Crippen LogP contribution in [0.2, 0.25) is 10.4 Å². The minimum Gasteiger partial charge on any atom is -0.508 e. The van der Waals surface area contributed by atoms with Crippen LogP contribution >= 0.6 is 0 Å². The van der Waals surface area contributed by atoms with E-state index >= 15 is 0 Å². The van der Waals surface area contributed by atoms with Gasteiger partial charge in [0.2, 0.25) is 11.8 Å². The van der Waals surface area contributed by atoms with Crippen molar-refractivity contribution in [1.82, 2.24) is 15.1 Å². The summed E-state index contributed by atoms with van der Waals surface area (Å²) in [6.45, 7) is 2.63. The number of amides is 2. The van der Waals surface area contributed by atoms with Gasteiger partial charge in [0.1, 0.15) is 43.4 Å². The van der Waals surface area contributed by atoms with E-state index in [1.807, 2.05) is 5.32 Å². The average Bonchev–Trinajstić information content (AvgIpc) is 2.97. The second-order valence-corrected chi connectivity index (χ2v) is 10.9. The third-order valence-corrected chi connectivity index (χ3v) is 8.35. The van der Waals surface area contributed by atoms with E-state index < -0.39 is 27.7 Å². The van der Waals surface area contributed by atoms with Crippen LogP contribution in [0.25, 0.3) is 0 Å². The SMILES string of the molecule is [B]c1c([B])c(CN2CCOCC2)c(O)c([B])c1CNc1cccc(C=O)c1CN(C)C1([B])C(=O)NC(=O)C([B])([B])C1([B])[B]. The Morgan fingerprint density at radius 2 is 1.63 bits per heavy atom. The molecule has 3 N–H and O–H groups in total. The predicted octanol–water partition coefficient (Wildman–Crippen LogP) is -4.11. The molecular weight excluding hydrogens is 535 g/mol. The van der Waals surface area contributed by atoms with E-state index in [-0.39, 0.29) is 40.8 Å². The Kier molecular flexibility index (Phi) is 9.50. The quantitative estimate of drug-likeness (QED) is 0.162. The summed E-state index contributed by atoms with van der Waals surface area (Å²) in [5, 5.41) is 11.3. The predicted molar refractivity (Wildman–Crippen MR) is 171 cm³/mol. The minimum atomic E-state index is -2.43. The molecule has 17 heteroatoms. The van der Waals surface area contributed by atoms with Crippen LogP contribution in [-0.2, 0) is 34.0 Å². The minimum absolute atomic E-state index is 0.00146. The highest BCUT2D eigenvalue weighted by Crippen LogP contribution is 2.53. The number of phenols is 1. The van der Waals surface area contributed by atoms with E-state index in [1.165, 1.54) is 11.9 Å². The first kappa shape index (κ1) is 33.1. The Hall–Kier alpha value is -2.75. The molecule has 43 heavy (non-hydrogen) atoms. The number of hydrogen-bond acceptors (Lipinski definition) is 8. The molecule has 1 unspecified atom stereocenters. The molecule has 2 heterocycles. The van der Waals surface area contributed by atoms with E-state index in [0.717, 1.165) is 0 Å². The molecule has 2 aliphatic heterocycles. The topological polar surface area (TPSA) is 111 Å². The fourth-order valence-corrected chi connectivity index (χ4v) is 5.32. The number of aldehydes is 1. The molecule has 4 rings (SSSR count). The largest absolute Gasteiger partial charge is 0.508 e. The number of carbonyl (C=O) groups excluding carboxylic acids is 3. The number of benzene rings is 2. The van der Waals surface area contributed by atoms with Gasteiger partial charge in [0.05, 0.1) is 44.6 Å². The molecule has 9 nitrogen and oxygen atoms in total. The number of phenolic OH excluding ortho intramolecular Hbond substituents is 1. The molecule has 0 bridgehead atoms. The van der Waals surface area contributed by atoms with Crippen molar-refractivity contribution in [2.75, 3.05) is 38.7 Å². The van der Waals surface area contributed by atoms with Crippen LogP contribution in [0.5, 0.6) is 5.75 Å². The Morgan fingerprint density at radius 3 is 2.26 bits per heavy atom. The van der Waals surface area contributed by atoms with Crippen LogP contribution < -0.4 is 27.0 Å². The molecule has 0 aliphatic carbocycles. The Morgan fingerprint density at radius 1 is 1.00 bits per heavy atom. The van der Waals surface area contributed by atoms with Gasteiger partial charge in [-0.25, -0.2) is 0 Å². The second kappa shape index (κ2) is 12.3. The van der Waals surface area contributed by atoms with Crippen LogP contribution in [0.15, 0.2) is 18.2 Å². The average molecular weight is 559 g/mol. The monoisotopic (exact) mass is 560 g/mol. The van der Waals surface area contributed by atoms with E-state index in [9.17, 15) is 19.5 Å². The van der Waals surface area contributed by atoms with Crippen molar-refractivity contribution in [3.8, 4) is 5.75 Å². The van der Waals surface area contributed by atoms with Gasteiger partial charge in [-0.1, -0.05) is 33.7 Å². The smallest absolute Gasteiger partial charge is 0.236 e. The van der Waals surface area contributed by atoms with Crippen LogP contribution in [0.4, 0.5) is 5.69 Å². The van der Waals surface area contributed by atoms with Crippen molar-refractivity contribution in [3.05, 3.63) is 40.5 Å². The number of piperidine rings is 1. The number of nitrogens with one attached hydrogen (secondary N) is 2. The summed E-state index contributed by atoms with van der Waals surface area (Å²) in [6, 6.07) is 4.85. The maximum atomic E-state index is 13.0. The third-order valence-electron chi connectivity index (χ3n) is 8.35. The molecule has 0 aromatic heterocycles. The molecule has 2 saturated heterocycles. The lowest BCUT2D eigenvalue weighted by Gasteiger charge is -2.60. The van der Waals surface area contributed by atoms with Gasteiger partial charge in [0, 0.05) is 49.4 Å².